The van der Waals surface area contributed by atoms with Gasteiger partial charge in [-0.05, 0) is 47.5 Å². The van der Waals surface area contributed by atoms with Gasteiger partial charge in [0.15, 0.2) is 0 Å². The number of nitrogens with zero attached hydrogens (tertiary/aromatic N) is 5. The molecule has 104 valence electrons. The van der Waals surface area contributed by atoms with Gasteiger partial charge >= 0.3 is 0 Å². The molecule has 1 amide bonds. The van der Waals surface area contributed by atoms with E-state index in [1.54, 1.807) is 24.3 Å². The van der Waals surface area contributed by atoms with Crippen LogP contribution < -0.4 is 5.43 Å². The van der Waals surface area contributed by atoms with Crippen LogP contribution in [-0.2, 0) is 0 Å². The van der Waals surface area contributed by atoms with E-state index in [-0.39, 0.29) is 5.91 Å². The monoisotopic (exact) mass is 272 g/mol. The van der Waals surface area contributed by atoms with E-state index in [0.29, 0.717) is 5.56 Å². The third kappa shape index (κ3) is 3.25. The average Bonchev–Trinajstić information content (AvgIpc) is 3.02. The Morgan fingerprint density at radius 1 is 1.25 bits per heavy atom. The van der Waals surface area contributed by atoms with Crippen LogP contribution in [0.1, 0.15) is 37.0 Å². The van der Waals surface area contributed by atoms with Crippen molar-refractivity contribution in [2.24, 2.45) is 5.10 Å². The first kappa shape index (κ1) is 13.9. The molecule has 0 radical (unpaired) electrons. The highest BCUT2D eigenvalue weighted by Gasteiger charge is 2.05. The van der Waals surface area contributed by atoms with Crippen molar-refractivity contribution in [1.29, 1.82) is 0 Å². The van der Waals surface area contributed by atoms with Crippen LogP contribution in [0.15, 0.2) is 35.7 Å². The molecule has 1 heterocycles. The van der Waals surface area contributed by atoms with Gasteiger partial charge in [-0.2, -0.15) is 5.10 Å². The molecular weight excluding hydrogens is 256 g/mol. The van der Waals surface area contributed by atoms with Crippen LogP contribution in [0, 0.1) is 0 Å². The van der Waals surface area contributed by atoms with Gasteiger partial charge in [-0.3, -0.25) is 4.79 Å². The number of carbonyl (C=O) groups excluding carboxylic acids is 1. The largest absolute Gasteiger partial charge is 0.271 e. The van der Waals surface area contributed by atoms with Crippen LogP contribution in [0.25, 0.3) is 5.69 Å². The lowest BCUT2D eigenvalue weighted by atomic mass is 10.2. The van der Waals surface area contributed by atoms with Crippen molar-refractivity contribution in [3.05, 3.63) is 36.2 Å². The molecule has 0 aliphatic heterocycles. The van der Waals surface area contributed by atoms with Crippen LogP contribution in [0.2, 0.25) is 0 Å². The zero-order valence-electron chi connectivity index (χ0n) is 11.4. The molecule has 20 heavy (non-hydrogen) atoms. The zero-order valence-corrected chi connectivity index (χ0v) is 11.4. The number of hydrazone groups is 1. The van der Waals surface area contributed by atoms with E-state index < -0.39 is 0 Å². The summed E-state index contributed by atoms with van der Waals surface area (Å²) in [6, 6.07) is 6.96. The third-order valence-electron chi connectivity index (χ3n) is 2.87. The molecule has 1 aromatic carbocycles. The molecule has 2 rings (SSSR count). The highest BCUT2D eigenvalue weighted by Crippen LogP contribution is 2.07. The smallest absolute Gasteiger partial charge is 0.267 e. The first-order valence-electron chi connectivity index (χ1n) is 6.43. The maximum Gasteiger partial charge on any atom is 0.271 e. The van der Waals surface area contributed by atoms with Crippen LogP contribution in [-0.4, -0.2) is 31.8 Å². The summed E-state index contributed by atoms with van der Waals surface area (Å²) < 4.78 is 1.52. The molecule has 0 atom stereocenters. The third-order valence-corrected chi connectivity index (χ3v) is 2.87. The maximum atomic E-state index is 11.9. The van der Waals surface area contributed by atoms with E-state index in [4.69, 9.17) is 0 Å². The molecule has 0 aliphatic rings. The molecule has 2 aromatic rings. The van der Waals surface area contributed by atoms with Gasteiger partial charge in [-0.1, -0.05) is 13.8 Å². The Morgan fingerprint density at radius 2 is 1.95 bits per heavy atom. The molecule has 0 spiro atoms. The predicted molar refractivity (Wildman–Crippen MR) is 74.6 cm³/mol. The molecular formula is C13H16N6O. The summed E-state index contributed by atoms with van der Waals surface area (Å²) in [5.74, 6) is -0.229. The first-order chi connectivity index (χ1) is 9.74. The highest BCUT2D eigenvalue weighted by molar-refractivity contribution is 5.95. The Morgan fingerprint density at radius 3 is 2.50 bits per heavy atom. The van der Waals surface area contributed by atoms with Crippen molar-refractivity contribution in [2.75, 3.05) is 0 Å². The van der Waals surface area contributed by atoms with E-state index in [1.807, 2.05) is 13.8 Å². The van der Waals surface area contributed by atoms with E-state index in [0.717, 1.165) is 24.2 Å². The Balaban J connectivity index is 2.06. The number of rotatable bonds is 5. The van der Waals surface area contributed by atoms with Gasteiger partial charge < -0.3 is 0 Å². The van der Waals surface area contributed by atoms with E-state index in [1.165, 1.54) is 11.0 Å². The molecule has 0 unspecified atom stereocenters. The molecule has 0 fully saturated rings. The Labute approximate surface area is 116 Å². The number of hydrogen-bond donors (Lipinski definition) is 1. The molecule has 0 aliphatic carbocycles. The predicted octanol–water partition coefficient (Wildman–Crippen LogP) is 1.57. The standard InChI is InChI=1S/C13H16N6O/c1-3-11(4-2)15-16-13(20)10-5-7-12(8-6-10)19-9-14-17-18-19/h5-9H,3-4H2,1-2H3,(H,16,20). The fourth-order valence-corrected chi connectivity index (χ4v) is 1.65. The van der Waals surface area contributed by atoms with Crippen LogP contribution in [0.5, 0.6) is 0 Å². The summed E-state index contributed by atoms with van der Waals surface area (Å²) in [6.45, 7) is 4.02. The zero-order chi connectivity index (χ0) is 14.4. The van der Waals surface area contributed by atoms with Gasteiger partial charge in [0.1, 0.15) is 6.33 Å². The summed E-state index contributed by atoms with van der Waals surface area (Å²) in [5.41, 5.74) is 4.85. The summed E-state index contributed by atoms with van der Waals surface area (Å²) in [7, 11) is 0. The topological polar surface area (TPSA) is 85.1 Å². The van der Waals surface area contributed by atoms with Gasteiger partial charge in [0.2, 0.25) is 0 Å². The SMILES string of the molecule is CCC(CC)=NNC(=O)c1ccc(-n2cnnn2)cc1. The van der Waals surface area contributed by atoms with Gasteiger partial charge in [0.05, 0.1) is 5.69 Å². The number of nitrogens with one attached hydrogen (secondary N) is 1. The van der Waals surface area contributed by atoms with Crippen molar-refractivity contribution < 1.29 is 4.79 Å². The summed E-state index contributed by atoms with van der Waals surface area (Å²) >= 11 is 0. The average molecular weight is 272 g/mol. The lowest BCUT2D eigenvalue weighted by molar-refractivity contribution is 0.0954. The first-order valence-corrected chi connectivity index (χ1v) is 6.43. The lowest BCUT2D eigenvalue weighted by Gasteiger charge is -2.04. The number of hydrogen-bond acceptors (Lipinski definition) is 5. The Bertz CT molecular complexity index is 582. The number of tetrazole rings is 1. The molecule has 7 nitrogen and oxygen atoms in total. The second kappa shape index (κ2) is 6.55. The number of benzene rings is 1. The highest BCUT2D eigenvalue weighted by atomic mass is 16.2. The Hall–Kier alpha value is -2.57. The molecule has 0 bridgehead atoms. The summed E-state index contributed by atoms with van der Waals surface area (Å²) in [4.78, 5) is 11.9. The van der Waals surface area contributed by atoms with Crippen LogP contribution >= 0.6 is 0 Å². The van der Waals surface area contributed by atoms with Crippen molar-refractivity contribution in [1.82, 2.24) is 25.6 Å². The minimum absolute atomic E-state index is 0.229. The maximum absolute atomic E-state index is 11.9. The van der Waals surface area contributed by atoms with E-state index in [9.17, 15) is 4.79 Å². The van der Waals surface area contributed by atoms with Gasteiger partial charge in [-0.25, -0.2) is 10.1 Å². The van der Waals surface area contributed by atoms with Gasteiger partial charge in [0.25, 0.3) is 5.91 Å². The molecule has 0 saturated carbocycles. The van der Waals surface area contributed by atoms with E-state index in [2.05, 4.69) is 26.1 Å². The van der Waals surface area contributed by atoms with Crippen LogP contribution in [0.4, 0.5) is 0 Å². The van der Waals surface area contributed by atoms with Gasteiger partial charge in [-0.15, -0.1) is 5.10 Å². The fraction of sp³-hybridized carbons (Fsp3) is 0.308. The van der Waals surface area contributed by atoms with Crippen LogP contribution in [0.3, 0.4) is 0 Å². The second-order valence-corrected chi connectivity index (χ2v) is 4.13. The second-order valence-electron chi connectivity index (χ2n) is 4.13. The minimum atomic E-state index is -0.229. The fourth-order valence-electron chi connectivity index (χ4n) is 1.65. The molecule has 1 aromatic heterocycles. The summed E-state index contributed by atoms with van der Waals surface area (Å²) in [5, 5.41) is 15.0. The van der Waals surface area contributed by atoms with E-state index >= 15 is 0 Å². The summed E-state index contributed by atoms with van der Waals surface area (Å²) in [6.07, 6.45) is 3.15. The molecule has 7 heteroatoms. The lowest BCUT2D eigenvalue weighted by Crippen LogP contribution is -2.19. The van der Waals surface area contributed by atoms with Crippen molar-refractivity contribution in [2.45, 2.75) is 26.7 Å². The number of aromatic nitrogens is 4. The van der Waals surface area contributed by atoms with Crippen molar-refractivity contribution >= 4 is 11.6 Å². The Kier molecular flexibility index (Phi) is 4.54. The molecule has 0 saturated heterocycles. The minimum Gasteiger partial charge on any atom is -0.267 e. The van der Waals surface area contributed by atoms with Gasteiger partial charge in [0, 0.05) is 11.3 Å². The molecule has 1 N–H and O–H groups in total. The normalized spacial score (nSPS) is 10.1. The van der Waals surface area contributed by atoms with Crippen molar-refractivity contribution in [3.8, 4) is 5.69 Å². The van der Waals surface area contributed by atoms with Crippen molar-refractivity contribution in [3.63, 3.8) is 0 Å². The number of carbonyl (C=O) groups is 1. The quantitative estimate of drug-likeness (QED) is 0.661. The number of amides is 1.